The Labute approximate surface area is 163 Å². The minimum absolute atomic E-state index is 0.344. The minimum atomic E-state index is 0.344. The number of methoxy groups -OCH3 is 1. The van der Waals surface area contributed by atoms with Gasteiger partial charge in [0.2, 0.25) is 0 Å². The van der Waals surface area contributed by atoms with Crippen LogP contribution < -0.4 is 10.1 Å². The Kier molecular flexibility index (Phi) is 4.88. The van der Waals surface area contributed by atoms with Crippen molar-refractivity contribution in [3.63, 3.8) is 0 Å². The number of likely N-dealkylation sites (N-methyl/N-ethyl adjacent to an activating group) is 1. The van der Waals surface area contributed by atoms with Gasteiger partial charge in [-0.05, 0) is 51.1 Å². The van der Waals surface area contributed by atoms with Crippen LogP contribution in [-0.2, 0) is 0 Å². The number of anilines is 1. The van der Waals surface area contributed by atoms with Crippen molar-refractivity contribution in [1.29, 1.82) is 0 Å². The first-order valence-electron chi connectivity index (χ1n) is 9.06. The second-order valence-corrected chi connectivity index (χ2v) is 7.48. The van der Waals surface area contributed by atoms with Gasteiger partial charge >= 0.3 is 0 Å². The van der Waals surface area contributed by atoms with E-state index in [4.69, 9.17) is 16.3 Å². The Hall–Kier alpha value is -2.38. The van der Waals surface area contributed by atoms with Crippen LogP contribution >= 0.6 is 11.6 Å². The lowest BCUT2D eigenvalue weighted by Gasteiger charge is -2.30. The molecular formula is C19H23ClN6O. The predicted molar refractivity (Wildman–Crippen MR) is 107 cm³/mol. The molecule has 3 aromatic rings. The molecule has 0 radical (unpaired) electrons. The van der Waals surface area contributed by atoms with Crippen LogP contribution in [0.3, 0.4) is 0 Å². The molecule has 0 bridgehead atoms. The number of ether oxygens (including phenoxy) is 1. The summed E-state index contributed by atoms with van der Waals surface area (Å²) in [6, 6.07) is 4.03. The summed E-state index contributed by atoms with van der Waals surface area (Å²) in [6.45, 7) is 4.11. The van der Waals surface area contributed by atoms with E-state index in [1.165, 1.54) is 6.42 Å². The van der Waals surface area contributed by atoms with Crippen molar-refractivity contribution in [2.24, 2.45) is 0 Å². The van der Waals surface area contributed by atoms with Gasteiger partial charge in [-0.1, -0.05) is 11.6 Å². The first kappa shape index (κ1) is 18.0. The van der Waals surface area contributed by atoms with Crippen LogP contribution in [0.1, 0.15) is 18.4 Å². The highest BCUT2D eigenvalue weighted by Gasteiger charge is 2.21. The largest absolute Gasteiger partial charge is 0.496 e. The summed E-state index contributed by atoms with van der Waals surface area (Å²) in [5.41, 5.74) is 2.59. The molecule has 1 aliphatic heterocycles. The van der Waals surface area contributed by atoms with Crippen molar-refractivity contribution >= 4 is 23.1 Å². The highest BCUT2D eigenvalue weighted by atomic mass is 35.5. The van der Waals surface area contributed by atoms with Gasteiger partial charge in [0.15, 0.2) is 17.3 Å². The molecule has 1 atom stereocenters. The molecule has 0 aliphatic carbocycles. The van der Waals surface area contributed by atoms with Gasteiger partial charge in [-0.2, -0.15) is 0 Å². The summed E-state index contributed by atoms with van der Waals surface area (Å²) >= 11 is 6.18. The zero-order valence-corrected chi connectivity index (χ0v) is 16.5. The molecule has 3 heterocycles. The molecule has 1 N–H and O–H groups in total. The van der Waals surface area contributed by atoms with Gasteiger partial charge in [0.05, 0.1) is 12.7 Å². The lowest BCUT2D eigenvalue weighted by Crippen LogP contribution is -2.40. The van der Waals surface area contributed by atoms with E-state index in [2.05, 4.69) is 32.4 Å². The van der Waals surface area contributed by atoms with E-state index in [9.17, 15) is 0 Å². The Balaban J connectivity index is 1.76. The number of nitrogens with one attached hydrogen (secondary N) is 1. The second kappa shape index (κ2) is 7.32. The highest BCUT2D eigenvalue weighted by Crippen LogP contribution is 2.35. The fourth-order valence-electron chi connectivity index (χ4n) is 3.74. The van der Waals surface area contributed by atoms with Crippen molar-refractivity contribution in [1.82, 2.24) is 24.5 Å². The Bertz CT molecular complexity index is 972. The molecule has 0 unspecified atom stereocenters. The summed E-state index contributed by atoms with van der Waals surface area (Å²) in [5, 5.41) is 13.1. The molecule has 1 saturated heterocycles. The minimum Gasteiger partial charge on any atom is -0.496 e. The Morgan fingerprint density at radius 3 is 2.93 bits per heavy atom. The second-order valence-electron chi connectivity index (χ2n) is 7.04. The summed E-state index contributed by atoms with van der Waals surface area (Å²) in [7, 11) is 3.77. The van der Waals surface area contributed by atoms with Crippen LogP contribution in [0.15, 0.2) is 24.5 Å². The lowest BCUT2D eigenvalue weighted by molar-refractivity contribution is 0.260. The standard InChI is InChI=1S/C19H23ClN6O/c1-12-9-13(20)10-15(27-3)16(12)18-24-23-17(19-21-6-8-26(18)19)22-14-5-4-7-25(2)11-14/h6,8-10,14H,4-5,7,11H2,1-3H3,(H,22,23)/t14-/m1/s1. The van der Waals surface area contributed by atoms with E-state index in [0.717, 1.165) is 36.3 Å². The monoisotopic (exact) mass is 386 g/mol. The predicted octanol–water partition coefficient (Wildman–Crippen LogP) is 3.27. The van der Waals surface area contributed by atoms with Crippen LogP contribution in [0, 0.1) is 6.92 Å². The number of likely N-dealkylation sites (tertiary alicyclic amines) is 1. The maximum atomic E-state index is 6.18. The first-order valence-corrected chi connectivity index (χ1v) is 9.44. The molecule has 4 rings (SSSR count). The summed E-state index contributed by atoms with van der Waals surface area (Å²) in [6.07, 6.45) is 5.94. The van der Waals surface area contributed by atoms with Crippen molar-refractivity contribution in [3.8, 4) is 17.1 Å². The van der Waals surface area contributed by atoms with Crippen molar-refractivity contribution < 1.29 is 4.74 Å². The summed E-state index contributed by atoms with van der Waals surface area (Å²) in [4.78, 5) is 6.84. The quantitative estimate of drug-likeness (QED) is 0.742. The van der Waals surface area contributed by atoms with E-state index in [1.54, 1.807) is 19.4 Å². The van der Waals surface area contributed by atoms with E-state index in [0.29, 0.717) is 28.5 Å². The maximum Gasteiger partial charge on any atom is 0.192 e. The van der Waals surface area contributed by atoms with E-state index >= 15 is 0 Å². The number of halogens is 1. The summed E-state index contributed by atoms with van der Waals surface area (Å²) < 4.78 is 7.49. The van der Waals surface area contributed by atoms with Crippen LogP contribution in [0.4, 0.5) is 5.82 Å². The fraction of sp³-hybridized carbons (Fsp3) is 0.421. The van der Waals surface area contributed by atoms with Crippen molar-refractivity contribution in [2.75, 3.05) is 32.6 Å². The molecular weight excluding hydrogens is 364 g/mol. The van der Waals surface area contributed by atoms with E-state index < -0.39 is 0 Å². The van der Waals surface area contributed by atoms with Gasteiger partial charge in [-0.15, -0.1) is 10.2 Å². The number of aromatic nitrogens is 4. The zero-order chi connectivity index (χ0) is 19.0. The average Bonchev–Trinajstić information content (AvgIpc) is 3.12. The van der Waals surface area contributed by atoms with Gasteiger partial charge in [0.1, 0.15) is 5.75 Å². The van der Waals surface area contributed by atoms with Crippen LogP contribution in [0.2, 0.25) is 5.02 Å². The lowest BCUT2D eigenvalue weighted by atomic mass is 10.1. The third-order valence-corrected chi connectivity index (χ3v) is 5.22. The SMILES string of the molecule is COc1cc(Cl)cc(C)c1-c1nnc(N[C@@H]2CCCN(C)C2)c2nccn12. The van der Waals surface area contributed by atoms with Gasteiger partial charge < -0.3 is 15.0 Å². The number of rotatable bonds is 4. The zero-order valence-electron chi connectivity index (χ0n) is 15.7. The van der Waals surface area contributed by atoms with Crippen molar-refractivity contribution in [2.45, 2.75) is 25.8 Å². The number of benzene rings is 1. The molecule has 1 fully saturated rings. The third kappa shape index (κ3) is 3.44. The molecule has 0 saturated carbocycles. The number of imidazole rings is 1. The van der Waals surface area contributed by atoms with E-state index in [1.807, 2.05) is 23.6 Å². The first-order chi connectivity index (χ1) is 13.1. The Morgan fingerprint density at radius 1 is 1.30 bits per heavy atom. The molecule has 0 amide bonds. The molecule has 0 spiro atoms. The van der Waals surface area contributed by atoms with Gasteiger partial charge in [-0.25, -0.2) is 4.98 Å². The van der Waals surface area contributed by atoms with Gasteiger partial charge in [0, 0.05) is 30.0 Å². The number of hydrogen-bond acceptors (Lipinski definition) is 6. The topological polar surface area (TPSA) is 67.6 Å². The van der Waals surface area contributed by atoms with E-state index in [-0.39, 0.29) is 0 Å². The molecule has 2 aromatic heterocycles. The molecule has 7 nitrogen and oxygen atoms in total. The molecule has 1 aromatic carbocycles. The van der Waals surface area contributed by atoms with Crippen LogP contribution in [0.5, 0.6) is 5.75 Å². The molecule has 1 aliphatic rings. The molecule has 142 valence electrons. The van der Waals surface area contributed by atoms with Crippen LogP contribution in [0.25, 0.3) is 17.0 Å². The normalized spacial score (nSPS) is 18.0. The number of fused-ring (bicyclic) bond motifs is 1. The summed E-state index contributed by atoms with van der Waals surface area (Å²) in [5.74, 6) is 2.05. The number of nitrogens with zero attached hydrogens (tertiary/aromatic N) is 5. The Morgan fingerprint density at radius 2 is 2.15 bits per heavy atom. The fourth-order valence-corrected chi connectivity index (χ4v) is 4.00. The highest BCUT2D eigenvalue weighted by molar-refractivity contribution is 6.31. The number of piperidine rings is 1. The van der Waals surface area contributed by atoms with Gasteiger partial charge in [0.25, 0.3) is 0 Å². The van der Waals surface area contributed by atoms with Gasteiger partial charge in [-0.3, -0.25) is 4.40 Å². The molecule has 27 heavy (non-hydrogen) atoms. The van der Waals surface area contributed by atoms with Crippen molar-refractivity contribution in [3.05, 3.63) is 35.1 Å². The van der Waals surface area contributed by atoms with Crippen LogP contribution in [-0.4, -0.2) is 57.8 Å². The smallest absolute Gasteiger partial charge is 0.192 e. The number of hydrogen-bond donors (Lipinski definition) is 1. The molecule has 8 heteroatoms. The maximum absolute atomic E-state index is 6.18. The third-order valence-electron chi connectivity index (χ3n) is 5.00. The average molecular weight is 387 g/mol. The number of aryl methyl sites for hydroxylation is 1.